The number of hydrogen-bond acceptors (Lipinski definition) is 3. The van der Waals surface area contributed by atoms with Gasteiger partial charge in [0, 0.05) is 12.6 Å². The number of hydrogen-bond donors (Lipinski definition) is 3. The lowest BCUT2D eigenvalue weighted by Gasteiger charge is -2.27. The minimum absolute atomic E-state index is 0.0764. The summed E-state index contributed by atoms with van der Waals surface area (Å²) in [4.78, 5) is 23.0. The molecule has 1 aliphatic carbocycles. The van der Waals surface area contributed by atoms with Gasteiger partial charge in [0.05, 0.1) is 13.0 Å². The molecule has 2 amide bonds. The normalized spacial score (nSPS) is 21.2. The van der Waals surface area contributed by atoms with Crippen LogP contribution < -0.4 is 15.4 Å². The van der Waals surface area contributed by atoms with Crippen molar-refractivity contribution in [3.05, 3.63) is 29.8 Å². The average Bonchev–Trinajstić information content (AvgIpc) is 2.61. The van der Waals surface area contributed by atoms with Gasteiger partial charge in [0.15, 0.2) is 0 Å². The molecular weight excluding hydrogens is 320 g/mol. The molecule has 1 fully saturated rings. The van der Waals surface area contributed by atoms with Crippen molar-refractivity contribution in [1.29, 1.82) is 0 Å². The fourth-order valence-corrected chi connectivity index (χ4v) is 3.22. The highest BCUT2D eigenvalue weighted by Crippen LogP contribution is 2.24. The molecule has 2 rings (SSSR count). The molecule has 1 aromatic rings. The first kappa shape index (κ1) is 19.1. The van der Waals surface area contributed by atoms with Crippen molar-refractivity contribution >= 4 is 12.0 Å². The number of ether oxygens (including phenoxy) is 1. The van der Waals surface area contributed by atoms with E-state index in [1.54, 1.807) is 7.11 Å². The Hall–Kier alpha value is -2.24. The quantitative estimate of drug-likeness (QED) is 0.707. The number of urea groups is 1. The lowest BCUT2D eigenvalue weighted by molar-refractivity contribution is -0.142. The van der Waals surface area contributed by atoms with Crippen LogP contribution in [0.4, 0.5) is 4.79 Å². The van der Waals surface area contributed by atoms with E-state index in [2.05, 4.69) is 17.6 Å². The molecule has 1 aliphatic rings. The predicted molar refractivity (Wildman–Crippen MR) is 95.8 cm³/mol. The largest absolute Gasteiger partial charge is 0.497 e. The van der Waals surface area contributed by atoms with Crippen LogP contribution in [0.2, 0.25) is 0 Å². The van der Waals surface area contributed by atoms with E-state index in [0.29, 0.717) is 25.3 Å². The Balaban J connectivity index is 1.66. The van der Waals surface area contributed by atoms with Gasteiger partial charge in [-0.05, 0) is 55.7 Å². The monoisotopic (exact) mass is 348 g/mol. The molecule has 0 bridgehead atoms. The van der Waals surface area contributed by atoms with E-state index in [4.69, 9.17) is 9.84 Å². The molecule has 0 aliphatic heterocycles. The highest BCUT2D eigenvalue weighted by atomic mass is 16.5. The molecule has 1 atom stereocenters. The minimum Gasteiger partial charge on any atom is -0.497 e. The molecule has 6 heteroatoms. The molecule has 0 radical (unpaired) electrons. The van der Waals surface area contributed by atoms with Gasteiger partial charge in [-0.25, -0.2) is 4.79 Å². The molecule has 0 spiro atoms. The number of carbonyl (C=O) groups excluding carboxylic acids is 1. The third-order valence-corrected chi connectivity index (χ3v) is 4.77. The van der Waals surface area contributed by atoms with Crippen LogP contribution in [0.5, 0.6) is 5.75 Å². The Bertz CT molecular complexity index is 565. The van der Waals surface area contributed by atoms with Gasteiger partial charge in [0.25, 0.3) is 0 Å². The van der Waals surface area contributed by atoms with Gasteiger partial charge in [0.2, 0.25) is 0 Å². The van der Waals surface area contributed by atoms with Crippen molar-refractivity contribution in [3.8, 4) is 5.75 Å². The number of amides is 2. The molecule has 1 unspecified atom stereocenters. The number of methoxy groups -OCH3 is 1. The molecule has 138 valence electrons. The Morgan fingerprint density at radius 1 is 1.20 bits per heavy atom. The lowest BCUT2D eigenvalue weighted by Crippen LogP contribution is -2.45. The second-order valence-corrected chi connectivity index (χ2v) is 6.90. The zero-order valence-electron chi connectivity index (χ0n) is 15.0. The maximum Gasteiger partial charge on any atom is 0.315 e. The summed E-state index contributed by atoms with van der Waals surface area (Å²) in [6.07, 6.45) is 3.61. The fraction of sp³-hybridized carbons (Fsp3) is 0.579. The molecule has 1 aromatic carbocycles. The Kier molecular flexibility index (Phi) is 7.10. The van der Waals surface area contributed by atoms with Crippen LogP contribution in [-0.2, 0) is 11.2 Å². The fourth-order valence-electron chi connectivity index (χ4n) is 3.22. The van der Waals surface area contributed by atoms with Gasteiger partial charge in [-0.15, -0.1) is 0 Å². The van der Waals surface area contributed by atoms with E-state index >= 15 is 0 Å². The molecule has 1 saturated carbocycles. The first-order valence-electron chi connectivity index (χ1n) is 8.88. The Morgan fingerprint density at radius 2 is 1.84 bits per heavy atom. The van der Waals surface area contributed by atoms with E-state index in [-0.39, 0.29) is 18.0 Å². The van der Waals surface area contributed by atoms with E-state index < -0.39 is 5.97 Å². The molecule has 0 saturated heterocycles. The Labute approximate surface area is 149 Å². The third kappa shape index (κ3) is 6.29. The summed E-state index contributed by atoms with van der Waals surface area (Å²) in [5, 5.41) is 14.9. The summed E-state index contributed by atoms with van der Waals surface area (Å²) in [7, 11) is 1.65. The van der Waals surface area contributed by atoms with Gasteiger partial charge in [-0.2, -0.15) is 0 Å². The second-order valence-electron chi connectivity index (χ2n) is 6.90. The van der Waals surface area contributed by atoms with Crippen LogP contribution in [0.25, 0.3) is 0 Å². The van der Waals surface area contributed by atoms with Crippen molar-refractivity contribution in [2.45, 2.75) is 45.1 Å². The first-order valence-corrected chi connectivity index (χ1v) is 8.88. The summed E-state index contributed by atoms with van der Waals surface area (Å²) in [6, 6.07) is 7.87. The van der Waals surface area contributed by atoms with Crippen molar-refractivity contribution in [2.75, 3.05) is 13.7 Å². The first-order chi connectivity index (χ1) is 12.0. The highest BCUT2D eigenvalue weighted by Gasteiger charge is 2.26. The zero-order valence-corrected chi connectivity index (χ0v) is 15.0. The van der Waals surface area contributed by atoms with Crippen molar-refractivity contribution in [1.82, 2.24) is 10.6 Å². The number of aliphatic carboxylic acids is 1. The van der Waals surface area contributed by atoms with Crippen LogP contribution >= 0.6 is 0 Å². The molecule has 25 heavy (non-hydrogen) atoms. The summed E-state index contributed by atoms with van der Waals surface area (Å²) >= 11 is 0. The lowest BCUT2D eigenvalue weighted by atomic mass is 9.86. The van der Waals surface area contributed by atoms with Crippen molar-refractivity contribution < 1.29 is 19.4 Å². The van der Waals surface area contributed by atoms with Crippen LogP contribution in [0.15, 0.2) is 24.3 Å². The van der Waals surface area contributed by atoms with Gasteiger partial charge in [0.1, 0.15) is 5.75 Å². The number of rotatable bonds is 7. The summed E-state index contributed by atoms with van der Waals surface area (Å²) in [5.74, 6) is 0.175. The molecular formula is C19H28N2O4. The highest BCUT2D eigenvalue weighted by molar-refractivity contribution is 5.74. The maximum atomic E-state index is 12.0. The molecule has 0 aromatic heterocycles. The van der Waals surface area contributed by atoms with Gasteiger partial charge >= 0.3 is 12.0 Å². The van der Waals surface area contributed by atoms with E-state index in [0.717, 1.165) is 25.0 Å². The number of benzene rings is 1. The van der Waals surface area contributed by atoms with Gasteiger partial charge in [-0.1, -0.05) is 19.1 Å². The summed E-state index contributed by atoms with van der Waals surface area (Å²) < 4.78 is 5.15. The zero-order chi connectivity index (χ0) is 18.2. The second kappa shape index (κ2) is 9.30. The third-order valence-electron chi connectivity index (χ3n) is 4.77. The van der Waals surface area contributed by atoms with Crippen molar-refractivity contribution in [2.24, 2.45) is 11.8 Å². The van der Waals surface area contributed by atoms with Crippen LogP contribution in [-0.4, -0.2) is 36.8 Å². The van der Waals surface area contributed by atoms with E-state index in [1.807, 2.05) is 24.3 Å². The van der Waals surface area contributed by atoms with E-state index in [9.17, 15) is 9.59 Å². The molecule has 6 nitrogen and oxygen atoms in total. The molecule has 0 heterocycles. The smallest absolute Gasteiger partial charge is 0.315 e. The van der Waals surface area contributed by atoms with Crippen LogP contribution in [0, 0.1) is 11.8 Å². The van der Waals surface area contributed by atoms with Gasteiger partial charge < -0.3 is 20.5 Å². The average molecular weight is 348 g/mol. The topological polar surface area (TPSA) is 87.7 Å². The van der Waals surface area contributed by atoms with E-state index in [1.165, 1.54) is 5.56 Å². The van der Waals surface area contributed by atoms with Crippen molar-refractivity contribution in [3.63, 3.8) is 0 Å². The Morgan fingerprint density at radius 3 is 2.40 bits per heavy atom. The number of carboxylic acids is 1. The number of carboxylic acid groups (broad SMARTS) is 1. The molecule has 3 N–H and O–H groups in total. The maximum absolute atomic E-state index is 12.0. The summed E-state index contributed by atoms with van der Waals surface area (Å²) in [6.45, 7) is 2.70. The number of carbonyl (C=O) groups is 2. The van der Waals surface area contributed by atoms with Gasteiger partial charge in [-0.3, -0.25) is 4.79 Å². The van der Waals surface area contributed by atoms with Crippen LogP contribution in [0.3, 0.4) is 0 Å². The minimum atomic E-state index is -0.727. The number of nitrogens with one attached hydrogen (secondary N) is 2. The standard InChI is InChI=1S/C19H28N2O4/c1-13(11-14-3-9-17(25-2)10-4-14)12-20-19(24)21-16-7-5-15(6-8-16)18(22)23/h3-4,9-10,13,15-16H,5-8,11-12H2,1-2H3,(H,22,23)(H2,20,21,24). The SMILES string of the molecule is COc1ccc(CC(C)CNC(=O)NC2CCC(C(=O)O)CC2)cc1. The summed E-state index contributed by atoms with van der Waals surface area (Å²) in [5.41, 5.74) is 1.21. The predicted octanol–water partition coefficient (Wildman–Crippen LogP) is 2.82. The van der Waals surface area contributed by atoms with Crippen LogP contribution in [0.1, 0.15) is 38.2 Å².